The SMILES string of the molecule is Nc1ncnc2c1ncn2[C@H]1O[C@@H](COP(=O)(O)O)[C@@H](OP(=O)(O)O)[C@@H]1O. The van der Waals surface area contributed by atoms with Crippen molar-refractivity contribution in [3.63, 3.8) is 0 Å². The van der Waals surface area contributed by atoms with E-state index < -0.39 is 46.8 Å². The van der Waals surface area contributed by atoms with Gasteiger partial charge in [-0.2, -0.15) is 0 Å². The van der Waals surface area contributed by atoms with Gasteiger partial charge in [0, 0.05) is 0 Å². The lowest BCUT2D eigenvalue weighted by Gasteiger charge is -2.20. The Balaban J connectivity index is 1.93. The van der Waals surface area contributed by atoms with Gasteiger partial charge in [-0.3, -0.25) is 13.6 Å². The molecule has 0 amide bonds. The number of aromatic nitrogens is 4. The highest BCUT2D eigenvalue weighted by molar-refractivity contribution is 7.46. The van der Waals surface area contributed by atoms with Crippen molar-refractivity contribution in [3.05, 3.63) is 12.7 Å². The van der Waals surface area contributed by atoms with Crippen molar-refractivity contribution in [1.29, 1.82) is 0 Å². The minimum Gasteiger partial charge on any atom is -0.386 e. The molecule has 27 heavy (non-hydrogen) atoms. The van der Waals surface area contributed by atoms with Crippen LogP contribution in [0.5, 0.6) is 0 Å². The monoisotopic (exact) mass is 427 g/mol. The lowest BCUT2D eigenvalue weighted by atomic mass is 10.1. The molecule has 1 aliphatic heterocycles. The molecule has 1 fully saturated rings. The second-order valence-corrected chi connectivity index (χ2v) is 7.92. The Morgan fingerprint density at radius 2 is 1.89 bits per heavy atom. The number of nitrogen functional groups attached to an aromatic ring is 1. The fraction of sp³-hybridized carbons (Fsp3) is 0.500. The molecule has 1 saturated heterocycles. The molecule has 0 spiro atoms. The highest BCUT2D eigenvalue weighted by atomic mass is 31.2. The number of aliphatic hydroxyl groups excluding tert-OH is 1. The predicted octanol–water partition coefficient (Wildman–Crippen LogP) is -1.75. The van der Waals surface area contributed by atoms with Crippen LogP contribution in [0, 0.1) is 0 Å². The third-order valence-corrected chi connectivity index (χ3v) is 4.64. The summed E-state index contributed by atoms with van der Waals surface area (Å²) in [6, 6.07) is 0. The maximum Gasteiger partial charge on any atom is 0.470 e. The molecule has 0 bridgehead atoms. The van der Waals surface area contributed by atoms with Gasteiger partial charge in [0.15, 0.2) is 17.7 Å². The molecular weight excluding hydrogens is 412 g/mol. The number of fused-ring (bicyclic) bond motifs is 1. The molecular formula is C10H15N5O10P2. The number of nitrogens with zero attached hydrogens (tertiary/aromatic N) is 4. The summed E-state index contributed by atoms with van der Waals surface area (Å²) in [5, 5.41) is 10.4. The first-order valence-electron chi connectivity index (χ1n) is 7.17. The van der Waals surface area contributed by atoms with Crippen molar-refractivity contribution in [2.75, 3.05) is 12.3 Å². The van der Waals surface area contributed by atoms with Crippen LogP contribution < -0.4 is 5.73 Å². The van der Waals surface area contributed by atoms with E-state index >= 15 is 0 Å². The number of hydrogen-bond acceptors (Lipinski definition) is 10. The number of ether oxygens (including phenoxy) is 1. The summed E-state index contributed by atoms with van der Waals surface area (Å²) < 4.78 is 37.6. The quantitative estimate of drug-likeness (QED) is 0.281. The van der Waals surface area contributed by atoms with Crippen molar-refractivity contribution in [2.45, 2.75) is 24.5 Å². The average Bonchev–Trinajstić information content (AvgIpc) is 3.07. The second-order valence-electron chi connectivity index (χ2n) is 5.49. The second kappa shape index (κ2) is 7.14. The largest absolute Gasteiger partial charge is 0.470 e. The fourth-order valence-electron chi connectivity index (χ4n) is 2.60. The molecule has 3 rings (SSSR count). The summed E-state index contributed by atoms with van der Waals surface area (Å²) >= 11 is 0. The first-order valence-corrected chi connectivity index (χ1v) is 10.2. The van der Waals surface area contributed by atoms with Gasteiger partial charge in [-0.25, -0.2) is 24.1 Å². The van der Waals surface area contributed by atoms with E-state index in [2.05, 4.69) is 24.0 Å². The van der Waals surface area contributed by atoms with Crippen LogP contribution >= 0.6 is 15.6 Å². The molecule has 2 aromatic heterocycles. The van der Waals surface area contributed by atoms with E-state index in [9.17, 15) is 14.2 Å². The van der Waals surface area contributed by atoms with Crippen LogP contribution in [0.1, 0.15) is 6.23 Å². The Morgan fingerprint density at radius 1 is 1.19 bits per heavy atom. The lowest BCUT2D eigenvalue weighted by molar-refractivity contribution is -0.0502. The van der Waals surface area contributed by atoms with Crippen molar-refractivity contribution in [2.24, 2.45) is 0 Å². The standard InChI is InChI=1S/C10H15N5O10P2/c11-8-5-9(13-2-12-8)15(3-14-5)10-6(16)7(25-27(20,21)22)4(24-10)1-23-26(17,18)19/h2-4,6-7,10,16H,1H2,(H2,11,12,13)(H2,17,18,19)(H2,20,21,22)/t4-,6-,7+,10-/m0/s1. The van der Waals surface area contributed by atoms with Crippen LogP contribution in [0.4, 0.5) is 5.82 Å². The van der Waals surface area contributed by atoms with Gasteiger partial charge in [-0.05, 0) is 0 Å². The fourth-order valence-corrected chi connectivity index (χ4v) is 3.52. The van der Waals surface area contributed by atoms with Gasteiger partial charge in [0.05, 0.1) is 12.9 Å². The van der Waals surface area contributed by atoms with E-state index in [0.717, 1.165) is 6.33 Å². The Bertz CT molecular complexity index is 926. The van der Waals surface area contributed by atoms with Crippen LogP contribution in [-0.4, -0.2) is 69.1 Å². The van der Waals surface area contributed by atoms with E-state index in [1.807, 2.05) is 0 Å². The normalized spacial score (nSPS) is 26.7. The Hall–Kier alpha value is -1.51. The topological polar surface area (TPSA) is 233 Å². The summed E-state index contributed by atoms with van der Waals surface area (Å²) in [6.45, 7) is -0.813. The lowest BCUT2D eigenvalue weighted by Crippen LogP contribution is -2.35. The summed E-state index contributed by atoms with van der Waals surface area (Å²) in [5.41, 5.74) is 6.01. The molecule has 4 atom stereocenters. The number of phosphoric ester groups is 2. The maximum atomic E-state index is 11.2. The third-order valence-electron chi connectivity index (χ3n) is 3.64. The van der Waals surface area contributed by atoms with E-state index in [1.54, 1.807) is 0 Å². The van der Waals surface area contributed by atoms with Gasteiger partial charge >= 0.3 is 15.6 Å². The molecule has 0 aromatic carbocycles. The number of hydrogen-bond donors (Lipinski definition) is 6. The van der Waals surface area contributed by atoms with Crippen molar-refractivity contribution in [1.82, 2.24) is 19.5 Å². The number of anilines is 1. The molecule has 2 aromatic rings. The van der Waals surface area contributed by atoms with Crippen LogP contribution in [0.3, 0.4) is 0 Å². The highest BCUT2D eigenvalue weighted by Crippen LogP contribution is 2.45. The number of nitrogens with two attached hydrogens (primary N) is 1. The van der Waals surface area contributed by atoms with Crippen molar-refractivity contribution >= 4 is 32.6 Å². The number of aliphatic hydroxyl groups is 1. The van der Waals surface area contributed by atoms with Gasteiger partial charge in [-0.1, -0.05) is 0 Å². The van der Waals surface area contributed by atoms with Gasteiger partial charge in [0.2, 0.25) is 0 Å². The molecule has 150 valence electrons. The van der Waals surface area contributed by atoms with Gasteiger partial charge < -0.3 is 35.2 Å². The van der Waals surface area contributed by atoms with Crippen LogP contribution in [-0.2, 0) is 22.9 Å². The third kappa shape index (κ3) is 4.50. The first kappa shape index (κ1) is 20.2. The average molecular weight is 427 g/mol. The Kier molecular flexibility index (Phi) is 5.35. The van der Waals surface area contributed by atoms with Gasteiger partial charge in [0.25, 0.3) is 0 Å². The highest BCUT2D eigenvalue weighted by Gasteiger charge is 2.49. The van der Waals surface area contributed by atoms with E-state index in [4.69, 9.17) is 30.0 Å². The van der Waals surface area contributed by atoms with E-state index in [1.165, 1.54) is 10.9 Å². The molecule has 1 aliphatic rings. The summed E-state index contributed by atoms with van der Waals surface area (Å²) in [6.07, 6.45) is -3.75. The molecule has 3 heterocycles. The number of imidazole rings is 1. The van der Waals surface area contributed by atoms with E-state index in [-0.39, 0.29) is 17.0 Å². The summed E-state index contributed by atoms with van der Waals surface area (Å²) in [5.74, 6) is 0.0515. The Morgan fingerprint density at radius 3 is 2.52 bits per heavy atom. The zero-order valence-electron chi connectivity index (χ0n) is 13.2. The van der Waals surface area contributed by atoms with Crippen LogP contribution in [0.2, 0.25) is 0 Å². The van der Waals surface area contributed by atoms with Crippen molar-refractivity contribution in [3.8, 4) is 0 Å². The number of rotatable bonds is 6. The molecule has 0 radical (unpaired) electrons. The molecule has 0 saturated carbocycles. The Labute approximate surface area is 150 Å². The predicted molar refractivity (Wildman–Crippen MR) is 84.6 cm³/mol. The van der Waals surface area contributed by atoms with Crippen molar-refractivity contribution < 1.29 is 47.6 Å². The minimum absolute atomic E-state index is 0.0515. The van der Waals surface area contributed by atoms with E-state index in [0.29, 0.717) is 0 Å². The molecule has 7 N–H and O–H groups in total. The zero-order valence-corrected chi connectivity index (χ0v) is 15.0. The maximum absolute atomic E-state index is 11.2. The molecule has 0 aliphatic carbocycles. The molecule has 15 nitrogen and oxygen atoms in total. The number of phosphoric acid groups is 2. The smallest absolute Gasteiger partial charge is 0.386 e. The summed E-state index contributed by atoms with van der Waals surface area (Å²) in [7, 11) is -9.98. The molecule has 0 unspecified atom stereocenters. The molecule has 17 heteroatoms. The van der Waals surface area contributed by atoms with Crippen LogP contribution in [0.15, 0.2) is 12.7 Å². The summed E-state index contributed by atoms with van der Waals surface area (Å²) in [4.78, 5) is 47.4. The van der Waals surface area contributed by atoms with Crippen LogP contribution in [0.25, 0.3) is 11.2 Å². The minimum atomic E-state index is -5.07. The van der Waals surface area contributed by atoms with Gasteiger partial charge in [-0.15, -0.1) is 0 Å². The zero-order chi connectivity index (χ0) is 20.0. The van der Waals surface area contributed by atoms with Gasteiger partial charge in [0.1, 0.15) is 30.2 Å². The first-order chi connectivity index (χ1) is 12.5.